The molecule has 2 aromatic rings. The van der Waals surface area contributed by atoms with Crippen molar-refractivity contribution in [1.82, 2.24) is 4.31 Å². The largest absolute Gasteiger partial charge is 0.416 e. The summed E-state index contributed by atoms with van der Waals surface area (Å²) in [6.07, 6.45) is -4.45. The van der Waals surface area contributed by atoms with Crippen LogP contribution < -0.4 is 9.50 Å². The van der Waals surface area contributed by atoms with E-state index in [9.17, 15) is 26.4 Å². The van der Waals surface area contributed by atoms with E-state index in [1.165, 1.54) is 38.4 Å². The Labute approximate surface area is 148 Å². The Morgan fingerprint density at radius 3 is 2.00 bits per heavy atom. The molecule has 0 saturated heterocycles. The minimum absolute atomic E-state index is 0.0183. The van der Waals surface area contributed by atoms with E-state index in [4.69, 9.17) is 4.18 Å². The molecule has 0 aliphatic heterocycles. The van der Waals surface area contributed by atoms with Crippen LogP contribution in [0, 0.1) is 0 Å². The maximum absolute atomic E-state index is 12.5. The number of hydrogen-bond donors (Lipinski definition) is 1. The number of rotatable bonds is 5. The highest BCUT2D eigenvalue weighted by atomic mass is 32.2. The van der Waals surface area contributed by atoms with Gasteiger partial charge in [-0.05, 0) is 48.5 Å². The molecule has 0 aliphatic rings. The minimum atomic E-state index is -4.45. The molecule has 0 aliphatic carbocycles. The lowest BCUT2D eigenvalue weighted by molar-refractivity contribution is -0.137. The van der Waals surface area contributed by atoms with Gasteiger partial charge in [-0.25, -0.2) is 0 Å². The van der Waals surface area contributed by atoms with Crippen molar-refractivity contribution < 1.29 is 30.6 Å². The number of amides is 1. The SMILES string of the molecule is CN(C)S(=O)(=O)Oc1ccc(C(=O)Nc2ccc(C(F)(F)F)cc2)cc1. The van der Waals surface area contributed by atoms with Gasteiger partial charge in [-0.15, -0.1) is 0 Å². The Morgan fingerprint density at radius 1 is 1.00 bits per heavy atom. The molecule has 0 bridgehead atoms. The van der Waals surface area contributed by atoms with Crippen LogP contribution in [0.3, 0.4) is 0 Å². The number of nitrogens with zero attached hydrogens (tertiary/aromatic N) is 1. The lowest BCUT2D eigenvalue weighted by Crippen LogP contribution is -2.27. The first-order valence-corrected chi connectivity index (χ1v) is 8.56. The summed E-state index contributed by atoms with van der Waals surface area (Å²) in [6.45, 7) is 0. The van der Waals surface area contributed by atoms with Crippen molar-refractivity contribution in [2.45, 2.75) is 6.18 Å². The van der Waals surface area contributed by atoms with Crippen molar-refractivity contribution >= 4 is 21.9 Å². The molecule has 0 saturated carbocycles. The van der Waals surface area contributed by atoms with Crippen molar-refractivity contribution in [2.24, 2.45) is 0 Å². The Bertz CT molecular complexity index is 877. The number of nitrogens with one attached hydrogen (secondary N) is 1. The summed E-state index contributed by atoms with van der Waals surface area (Å²) < 4.78 is 66.4. The molecule has 26 heavy (non-hydrogen) atoms. The van der Waals surface area contributed by atoms with E-state index in [-0.39, 0.29) is 17.0 Å². The summed E-state index contributed by atoms with van der Waals surface area (Å²) in [6, 6.07) is 9.26. The van der Waals surface area contributed by atoms with Crippen LogP contribution in [0.1, 0.15) is 15.9 Å². The highest BCUT2D eigenvalue weighted by Crippen LogP contribution is 2.29. The molecule has 2 aromatic carbocycles. The van der Waals surface area contributed by atoms with Gasteiger partial charge in [0.05, 0.1) is 5.56 Å². The summed E-state index contributed by atoms with van der Waals surface area (Å²) in [5, 5.41) is 2.45. The number of halogens is 3. The van der Waals surface area contributed by atoms with Gasteiger partial charge < -0.3 is 9.50 Å². The lowest BCUT2D eigenvalue weighted by atomic mass is 10.1. The summed E-state index contributed by atoms with van der Waals surface area (Å²) in [7, 11) is -1.29. The second-order valence-electron chi connectivity index (χ2n) is 5.38. The molecule has 0 radical (unpaired) electrons. The molecule has 0 heterocycles. The van der Waals surface area contributed by atoms with E-state index in [2.05, 4.69) is 5.32 Å². The first-order chi connectivity index (χ1) is 12.0. The monoisotopic (exact) mass is 388 g/mol. The third kappa shape index (κ3) is 4.96. The minimum Gasteiger partial charge on any atom is -0.371 e. The Hall–Kier alpha value is -2.59. The molecule has 0 spiro atoms. The molecule has 0 fully saturated rings. The molecule has 1 amide bonds. The smallest absolute Gasteiger partial charge is 0.371 e. The number of hydrogen-bond acceptors (Lipinski definition) is 4. The highest BCUT2D eigenvalue weighted by molar-refractivity contribution is 7.84. The van der Waals surface area contributed by atoms with Crippen LogP contribution in [0.15, 0.2) is 48.5 Å². The molecule has 140 valence electrons. The molecule has 0 unspecified atom stereocenters. The van der Waals surface area contributed by atoms with E-state index in [1.807, 2.05) is 0 Å². The van der Waals surface area contributed by atoms with E-state index in [0.717, 1.165) is 28.6 Å². The average Bonchev–Trinajstić information content (AvgIpc) is 2.54. The normalized spacial score (nSPS) is 12.1. The average molecular weight is 388 g/mol. The molecular formula is C16H15F3N2O4S. The molecule has 0 aromatic heterocycles. The maximum Gasteiger partial charge on any atom is 0.416 e. The van der Waals surface area contributed by atoms with Crippen molar-refractivity contribution in [3.05, 3.63) is 59.7 Å². The second kappa shape index (κ2) is 7.34. The highest BCUT2D eigenvalue weighted by Gasteiger charge is 2.30. The molecule has 0 atom stereocenters. The van der Waals surface area contributed by atoms with Gasteiger partial charge in [0, 0.05) is 25.3 Å². The standard InChI is InChI=1S/C16H15F3N2O4S/c1-21(2)26(23,24)25-14-9-3-11(4-10-14)15(22)20-13-7-5-12(6-8-13)16(17,18)19/h3-10H,1-2H3,(H,20,22). The van der Waals surface area contributed by atoms with E-state index in [1.54, 1.807) is 0 Å². The van der Waals surface area contributed by atoms with Gasteiger partial charge in [-0.2, -0.15) is 25.9 Å². The van der Waals surface area contributed by atoms with E-state index < -0.39 is 28.0 Å². The van der Waals surface area contributed by atoms with Gasteiger partial charge in [-0.3, -0.25) is 4.79 Å². The fraction of sp³-hybridized carbons (Fsp3) is 0.188. The van der Waals surface area contributed by atoms with Crippen molar-refractivity contribution in [1.29, 1.82) is 0 Å². The van der Waals surface area contributed by atoms with Gasteiger partial charge in [0.15, 0.2) is 0 Å². The van der Waals surface area contributed by atoms with E-state index in [0.29, 0.717) is 0 Å². The predicted molar refractivity (Wildman–Crippen MR) is 89.1 cm³/mol. The van der Waals surface area contributed by atoms with Crippen molar-refractivity contribution in [2.75, 3.05) is 19.4 Å². The third-order valence-corrected chi connectivity index (χ3v) is 4.53. The van der Waals surface area contributed by atoms with Crippen molar-refractivity contribution in [3.8, 4) is 5.75 Å². The molecule has 1 N–H and O–H groups in total. The first kappa shape index (κ1) is 19.7. The van der Waals surface area contributed by atoms with Gasteiger partial charge in [0.25, 0.3) is 5.91 Å². The quantitative estimate of drug-likeness (QED) is 0.854. The topological polar surface area (TPSA) is 75.7 Å². The molecular weight excluding hydrogens is 373 g/mol. The molecule has 6 nitrogen and oxygen atoms in total. The van der Waals surface area contributed by atoms with Crippen LogP contribution >= 0.6 is 0 Å². The van der Waals surface area contributed by atoms with Crippen LogP contribution in [0.5, 0.6) is 5.75 Å². The van der Waals surface area contributed by atoms with Gasteiger partial charge in [0.1, 0.15) is 5.75 Å². The van der Waals surface area contributed by atoms with Crippen molar-refractivity contribution in [3.63, 3.8) is 0 Å². The number of anilines is 1. The fourth-order valence-corrected chi connectivity index (χ4v) is 2.31. The zero-order chi connectivity index (χ0) is 19.5. The molecule has 2 rings (SSSR count). The van der Waals surface area contributed by atoms with Gasteiger partial charge in [-0.1, -0.05) is 0 Å². The Balaban J connectivity index is 2.06. The zero-order valence-electron chi connectivity index (χ0n) is 13.7. The second-order valence-corrected chi connectivity index (χ2v) is 7.13. The predicted octanol–water partition coefficient (Wildman–Crippen LogP) is 3.14. The van der Waals surface area contributed by atoms with Crippen LogP contribution in [0.25, 0.3) is 0 Å². The van der Waals surface area contributed by atoms with Crippen LogP contribution in [0.2, 0.25) is 0 Å². The summed E-state index contributed by atoms with van der Waals surface area (Å²) >= 11 is 0. The number of alkyl halides is 3. The van der Waals surface area contributed by atoms with Gasteiger partial charge in [0.2, 0.25) is 0 Å². The lowest BCUT2D eigenvalue weighted by Gasteiger charge is -2.12. The maximum atomic E-state index is 12.5. The number of carbonyl (C=O) groups excluding carboxylic acids is 1. The van der Waals surface area contributed by atoms with Crippen LogP contribution in [-0.2, 0) is 16.5 Å². The third-order valence-electron chi connectivity index (χ3n) is 3.24. The number of benzene rings is 2. The zero-order valence-corrected chi connectivity index (χ0v) is 14.6. The summed E-state index contributed by atoms with van der Waals surface area (Å²) in [5.41, 5.74) is -0.447. The first-order valence-electron chi connectivity index (χ1n) is 7.19. The Morgan fingerprint density at radius 2 is 1.54 bits per heavy atom. The summed E-state index contributed by atoms with van der Waals surface area (Å²) in [4.78, 5) is 12.1. The molecule has 10 heteroatoms. The van der Waals surface area contributed by atoms with Gasteiger partial charge >= 0.3 is 16.5 Å². The Kier molecular flexibility index (Phi) is 5.57. The number of carbonyl (C=O) groups is 1. The van der Waals surface area contributed by atoms with E-state index >= 15 is 0 Å². The van der Waals surface area contributed by atoms with Crippen LogP contribution in [0.4, 0.5) is 18.9 Å². The van der Waals surface area contributed by atoms with Crippen LogP contribution in [-0.4, -0.2) is 32.7 Å². The summed E-state index contributed by atoms with van der Waals surface area (Å²) in [5.74, 6) is -0.545. The fourth-order valence-electron chi connectivity index (χ4n) is 1.80.